The molecule has 2 aliphatic rings. The molecular formula is C112H86N2O2. The molecule has 116 heavy (non-hydrogen) atoms. The fourth-order valence-electron chi connectivity index (χ4n) is 20.6. The van der Waals surface area contributed by atoms with E-state index in [2.05, 4.69) is 386 Å². The van der Waals surface area contributed by atoms with Crippen molar-refractivity contribution >= 4 is 104 Å². The van der Waals surface area contributed by atoms with E-state index in [-0.39, 0.29) is 28.6 Å². The normalized spacial score (nSPS) is 14.1. The third-order valence-corrected chi connectivity index (χ3v) is 26.4. The number of rotatable bonds is 15. The van der Waals surface area contributed by atoms with E-state index in [9.17, 15) is 0 Å². The molecule has 556 valence electrons. The van der Waals surface area contributed by atoms with Gasteiger partial charge in [-0.25, -0.2) is 0 Å². The molecular weight excluding hydrogens is 1410 g/mol. The average molecular weight is 1490 g/mol. The van der Waals surface area contributed by atoms with Gasteiger partial charge in [0.25, 0.3) is 0 Å². The Morgan fingerprint density at radius 1 is 0.345 bits per heavy atom. The molecule has 20 aromatic rings. The minimum absolute atomic E-state index is 0.0427. The van der Waals surface area contributed by atoms with Gasteiger partial charge in [-0.2, -0.15) is 0 Å². The quantitative estimate of drug-likeness (QED) is 0.103. The van der Waals surface area contributed by atoms with Crippen LogP contribution >= 0.6 is 0 Å². The first-order valence-electron chi connectivity index (χ1n) is 41.3. The van der Waals surface area contributed by atoms with Gasteiger partial charge in [0, 0.05) is 83.5 Å². The summed E-state index contributed by atoms with van der Waals surface area (Å²) in [7, 11) is 0. The maximum atomic E-state index is 6.38. The van der Waals surface area contributed by atoms with Crippen molar-refractivity contribution in [1.29, 1.82) is 0 Å². The van der Waals surface area contributed by atoms with Crippen LogP contribution in [0.4, 0.5) is 17.1 Å². The Balaban J connectivity index is 0.692. The van der Waals surface area contributed by atoms with Gasteiger partial charge in [0.05, 0.1) is 11.0 Å². The van der Waals surface area contributed by atoms with Crippen LogP contribution < -0.4 is 4.90 Å². The highest BCUT2D eigenvalue weighted by molar-refractivity contribution is 6.20. The molecule has 0 spiro atoms. The minimum atomic E-state index is -0.208. The van der Waals surface area contributed by atoms with Crippen molar-refractivity contribution in [3.63, 3.8) is 0 Å². The van der Waals surface area contributed by atoms with Gasteiger partial charge in [0.2, 0.25) is 0 Å². The lowest BCUT2D eigenvalue weighted by Crippen LogP contribution is -2.15. The number of aryl methyl sites for hydroxylation is 1. The number of fused-ring (bicyclic) bond motifs is 16. The van der Waals surface area contributed by atoms with Crippen molar-refractivity contribution in [2.45, 2.75) is 84.0 Å². The number of para-hydroxylation sites is 3. The van der Waals surface area contributed by atoms with E-state index in [0.29, 0.717) is 0 Å². The van der Waals surface area contributed by atoms with E-state index >= 15 is 0 Å². The topological polar surface area (TPSA) is 34.5 Å². The summed E-state index contributed by atoms with van der Waals surface area (Å²) in [5.41, 5.74) is 31.6. The van der Waals surface area contributed by atoms with Crippen molar-refractivity contribution in [3.8, 4) is 61.7 Å². The Morgan fingerprint density at radius 3 is 1.54 bits per heavy atom. The van der Waals surface area contributed by atoms with Crippen molar-refractivity contribution in [1.82, 2.24) is 4.57 Å². The van der Waals surface area contributed by atoms with E-state index in [0.717, 1.165) is 90.9 Å². The molecule has 0 bridgehead atoms. The van der Waals surface area contributed by atoms with E-state index in [1.807, 2.05) is 24.3 Å². The Hall–Kier alpha value is -13.5. The predicted molar refractivity (Wildman–Crippen MR) is 487 cm³/mol. The van der Waals surface area contributed by atoms with E-state index < -0.39 is 0 Å². The zero-order chi connectivity index (χ0) is 77.8. The first-order valence-corrected chi connectivity index (χ1v) is 41.3. The Bertz CT molecular complexity index is 7340. The standard InChI is InChI=1S/C112H86N2O2/c1-8-88(78-43-50-93-91-29-17-19-31-99(91)111(4,5)101(93)63-78)109-89-53-47-86(113(84-27-13-10-14-28-84)85-46-42-74-59-82(40-37-75(74)61-85)107-65-80-26-16-22-34-105(80)116-107)62-77(89)44-51-95(109)97-67-103-98(56-68(97)2)96-52-45-76-57-70(35-49-90(76)110(96)114(103)87-48-54-94-92-30-18-20-32-100(92)112(6,7)102(94)66-87)55-69(3)108(71-23-11-9-12-24-71)83-41-38-72-58-81(39-36-73(72)60-83)106-64-79-25-15-21-33-104(79)115-106/h9-54,56-67,69,88,108H,8,55H2,1-7H3. The largest absolute Gasteiger partial charge is 0.456 e. The van der Waals surface area contributed by atoms with E-state index in [1.54, 1.807) is 0 Å². The summed E-state index contributed by atoms with van der Waals surface area (Å²) in [5, 5.41) is 14.4. The molecule has 0 N–H and O–H groups in total. The van der Waals surface area contributed by atoms with Gasteiger partial charge in [-0.15, -0.1) is 0 Å². The van der Waals surface area contributed by atoms with Crippen LogP contribution in [0.25, 0.3) is 149 Å². The summed E-state index contributed by atoms with van der Waals surface area (Å²) in [4.78, 5) is 2.42. The maximum absolute atomic E-state index is 6.38. The van der Waals surface area contributed by atoms with Gasteiger partial charge >= 0.3 is 0 Å². The lowest BCUT2D eigenvalue weighted by molar-refractivity contribution is 0.510. The molecule has 0 radical (unpaired) electrons. The molecule has 17 aromatic carbocycles. The van der Waals surface area contributed by atoms with Gasteiger partial charge in [0.15, 0.2) is 0 Å². The first-order chi connectivity index (χ1) is 56.7. The van der Waals surface area contributed by atoms with Crippen LogP contribution in [0, 0.1) is 12.8 Å². The molecule has 0 fully saturated rings. The van der Waals surface area contributed by atoms with Crippen LogP contribution in [-0.4, -0.2) is 4.57 Å². The number of anilines is 3. The molecule has 0 saturated heterocycles. The zero-order valence-corrected chi connectivity index (χ0v) is 66.3. The third kappa shape index (κ3) is 11.2. The molecule has 3 heterocycles. The number of hydrogen-bond acceptors (Lipinski definition) is 3. The van der Waals surface area contributed by atoms with Gasteiger partial charge in [-0.05, 0) is 249 Å². The van der Waals surface area contributed by atoms with Crippen LogP contribution in [0.3, 0.4) is 0 Å². The number of nitrogens with zero attached hydrogens (tertiary/aromatic N) is 2. The van der Waals surface area contributed by atoms with Crippen LogP contribution in [0.15, 0.2) is 361 Å². The summed E-state index contributed by atoms with van der Waals surface area (Å²) >= 11 is 0. The highest BCUT2D eigenvalue weighted by Gasteiger charge is 2.38. The van der Waals surface area contributed by atoms with E-state index in [4.69, 9.17) is 8.83 Å². The fraction of sp³-hybridized carbons (Fsp3) is 0.125. The van der Waals surface area contributed by atoms with E-state index in [1.165, 1.54) is 143 Å². The van der Waals surface area contributed by atoms with Crippen LogP contribution in [0.5, 0.6) is 0 Å². The van der Waals surface area contributed by atoms with Crippen molar-refractivity contribution < 1.29 is 8.83 Å². The first kappa shape index (κ1) is 69.2. The Labute approximate surface area is 676 Å². The lowest BCUT2D eigenvalue weighted by atomic mass is 9.77. The van der Waals surface area contributed by atoms with Gasteiger partial charge in [0.1, 0.15) is 22.7 Å². The van der Waals surface area contributed by atoms with Gasteiger partial charge < -0.3 is 18.3 Å². The number of aromatic nitrogens is 1. The zero-order valence-electron chi connectivity index (χ0n) is 66.3. The second-order valence-corrected chi connectivity index (χ2v) is 33.9. The minimum Gasteiger partial charge on any atom is -0.456 e. The maximum Gasteiger partial charge on any atom is 0.135 e. The van der Waals surface area contributed by atoms with Crippen LogP contribution in [-0.2, 0) is 17.3 Å². The highest BCUT2D eigenvalue weighted by atomic mass is 16.3. The Kier molecular flexibility index (Phi) is 16.0. The molecule has 22 rings (SSSR count). The molecule has 4 heteroatoms. The average Bonchev–Trinajstić information content (AvgIpc) is 1.55. The van der Waals surface area contributed by atoms with Crippen molar-refractivity contribution in [2.24, 2.45) is 5.92 Å². The summed E-state index contributed by atoms with van der Waals surface area (Å²) in [5.74, 6) is 2.23. The Morgan fingerprint density at radius 2 is 0.862 bits per heavy atom. The molecule has 0 aliphatic heterocycles. The fourth-order valence-corrected chi connectivity index (χ4v) is 20.6. The van der Waals surface area contributed by atoms with Crippen molar-refractivity contribution in [2.75, 3.05) is 4.90 Å². The molecule has 3 atom stereocenters. The summed E-state index contributed by atoms with van der Waals surface area (Å²) in [6.07, 6.45) is 1.80. The van der Waals surface area contributed by atoms with Crippen LogP contribution in [0.2, 0.25) is 0 Å². The van der Waals surface area contributed by atoms with Crippen molar-refractivity contribution in [3.05, 3.63) is 407 Å². The van der Waals surface area contributed by atoms with Gasteiger partial charge in [-0.1, -0.05) is 296 Å². The van der Waals surface area contributed by atoms with Gasteiger partial charge in [-0.3, -0.25) is 0 Å². The number of hydrogen-bond donors (Lipinski definition) is 0. The number of furan rings is 2. The van der Waals surface area contributed by atoms with Crippen LogP contribution in [0.1, 0.15) is 115 Å². The molecule has 3 aromatic heterocycles. The summed E-state index contributed by atoms with van der Waals surface area (Å²) in [6, 6.07) is 132. The molecule has 4 nitrogen and oxygen atoms in total. The predicted octanol–water partition coefficient (Wildman–Crippen LogP) is 30.8. The SMILES string of the molecule is CCC(c1ccc2c(c1)C(C)(C)c1ccccc1-2)c1c(-c2cc3c(cc2C)c2ccc4cc(CC(C)C(c5ccccc5)c5ccc6cc(-c7cc8ccccc8o7)ccc6c5)ccc4c2n3-c2ccc3c(c2)C(C)(C)c2ccccc2-3)ccc2cc(N(c3ccccc3)c3ccc4cc(-c5cc6ccccc6o5)ccc4c3)ccc12. The second-order valence-electron chi connectivity index (χ2n) is 33.9. The second kappa shape index (κ2) is 26.8. The number of benzene rings is 17. The lowest BCUT2D eigenvalue weighted by Gasteiger charge is -2.28. The molecule has 0 amide bonds. The molecule has 0 saturated carbocycles. The smallest absolute Gasteiger partial charge is 0.135 e. The monoisotopic (exact) mass is 1490 g/mol. The summed E-state index contributed by atoms with van der Waals surface area (Å²) < 4.78 is 15.4. The summed E-state index contributed by atoms with van der Waals surface area (Å²) in [6.45, 7) is 16.9. The third-order valence-electron chi connectivity index (χ3n) is 26.4. The highest BCUT2D eigenvalue weighted by Crippen LogP contribution is 2.54. The molecule has 2 aliphatic carbocycles. The molecule has 3 unspecified atom stereocenters.